The smallest absolute Gasteiger partial charge is 0.258 e. The Bertz CT molecular complexity index is 451. The highest BCUT2D eigenvalue weighted by atomic mass is 16.5. The lowest BCUT2D eigenvalue weighted by Gasteiger charge is -2.15. The number of nitrogens with one attached hydrogen (secondary N) is 2. The topological polar surface area (TPSA) is 68.8 Å². The quantitative estimate of drug-likeness (QED) is 0.710. The van der Waals surface area contributed by atoms with Crippen molar-refractivity contribution in [3.63, 3.8) is 0 Å². The van der Waals surface area contributed by atoms with E-state index in [9.17, 15) is 4.79 Å². The Hall–Kier alpha value is -1.79. The molecule has 118 valence electrons. The van der Waals surface area contributed by atoms with Crippen LogP contribution in [0.1, 0.15) is 12.5 Å². The molecule has 0 saturated heterocycles. The van der Waals surface area contributed by atoms with Crippen LogP contribution in [0.15, 0.2) is 18.2 Å². The summed E-state index contributed by atoms with van der Waals surface area (Å²) >= 11 is 0. The van der Waals surface area contributed by atoms with E-state index in [1.807, 2.05) is 32.2 Å². The Morgan fingerprint density at radius 1 is 1.29 bits per heavy atom. The van der Waals surface area contributed by atoms with Crippen molar-refractivity contribution in [3.8, 4) is 11.5 Å². The number of ether oxygens (including phenoxy) is 3. The van der Waals surface area contributed by atoms with Crippen LogP contribution in [0.25, 0.3) is 0 Å². The molecule has 0 aromatic heterocycles. The highest BCUT2D eigenvalue weighted by Crippen LogP contribution is 2.27. The minimum atomic E-state index is -0.194. The van der Waals surface area contributed by atoms with Crippen LogP contribution in [0.2, 0.25) is 0 Å². The molecular formula is C15H24N2O4. The fourth-order valence-electron chi connectivity index (χ4n) is 1.90. The zero-order valence-electron chi connectivity index (χ0n) is 13.1. The monoisotopic (exact) mass is 296 g/mol. The fraction of sp³-hybridized carbons (Fsp3) is 0.533. The van der Waals surface area contributed by atoms with E-state index >= 15 is 0 Å². The third-order valence-electron chi connectivity index (χ3n) is 2.79. The SMILES string of the molecule is CNCc1ccc(OC)c(OCC(=O)NC(C)COC)c1. The van der Waals surface area contributed by atoms with Gasteiger partial charge in [-0.2, -0.15) is 0 Å². The van der Waals surface area contributed by atoms with Crippen LogP contribution in [0.4, 0.5) is 0 Å². The molecule has 1 amide bonds. The minimum absolute atomic E-state index is 0.0522. The summed E-state index contributed by atoms with van der Waals surface area (Å²) in [5.41, 5.74) is 1.06. The molecule has 1 rings (SSSR count). The first-order chi connectivity index (χ1) is 10.1. The maximum absolute atomic E-state index is 11.8. The first-order valence-electron chi connectivity index (χ1n) is 6.83. The maximum Gasteiger partial charge on any atom is 0.258 e. The van der Waals surface area contributed by atoms with E-state index < -0.39 is 0 Å². The van der Waals surface area contributed by atoms with E-state index in [0.717, 1.165) is 12.1 Å². The number of carbonyl (C=O) groups excluding carboxylic acids is 1. The predicted octanol–water partition coefficient (Wildman–Crippen LogP) is 0.944. The third-order valence-corrected chi connectivity index (χ3v) is 2.79. The molecule has 0 aliphatic heterocycles. The van der Waals surface area contributed by atoms with Gasteiger partial charge in [0.2, 0.25) is 0 Å². The summed E-state index contributed by atoms with van der Waals surface area (Å²) < 4.78 is 15.7. The number of carbonyl (C=O) groups is 1. The van der Waals surface area contributed by atoms with Crippen LogP contribution in [-0.2, 0) is 16.1 Å². The van der Waals surface area contributed by atoms with Crippen molar-refractivity contribution < 1.29 is 19.0 Å². The van der Waals surface area contributed by atoms with Gasteiger partial charge in [0.15, 0.2) is 18.1 Å². The number of benzene rings is 1. The average molecular weight is 296 g/mol. The molecule has 0 heterocycles. The van der Waals surface area contributed by atoms with E-state index in [1.165, 1.54) is 0 Å². The van der Waals surface area contributed by atoms with Crippen LogP contribution >= 0.6 is 0 Å². The first-order valence-corrected chi connectivity index (χ1v) is 6.83. The Morgan fingerprint density at radius 2 is 2.05 bits per heavy atom. The molecular weight excluding hydrogens is 272 g/mol. The third kappa shape index (κ3) is 6.01. The van der Waals surface area contributed by atoms with Gasteiger partial charge in [0, 0.05) is 19.7 Å². The molecule has 6 nitrogen and oxygen atoms in total. The van der Waals surface area contributed by atoms with Gasteiger partial charge in [-0.15, -0.1) is 0 Å². The Kier molecular flexibility index (Phi) is 7.56. The molecule has 1 aromatic rings. The Labute approximate surface area is 125 Å². The number of hydrogen-bond acceptors (Lipinski definition) is 5. The molecule has 0 radical (unpaired) electrons. The first kappa shape index (κ1) is 17.3. The minimum Gasteiger partial charge on any atom is -0.493 e. The van der Waals surface area contributed by atoms with E-state index in [1.54, 1.807) is 14.2 Å². The normalized spacial score (nSPS) is 11.8. The van der Waals surface area contributed by atoms with Crippen LogP contribution in [0.3, 0.4) is 0 Å². The average Bonchev–Trinajstić information content (AvgIpc) is 2.46. The second-order valence-electron chi connectivity index (χ2n) is 4.73. The van der Waals surface area contributed by atoms with Crippen molar-refractivity contribution in [2.75, 3.05) is 34.5 Å². The predicted molar refractivity (Wildman–Crippen MR) is 80.7 cm³/mol. The van der Waals surface area contributed by atoms with Crippen LogP contribution in [0.5, 0.6) is 11.5 Å². The lowest BCUT2D eigenvalue weighted by molar-refractivity contribution is -0.124. The fourth-order valence-corrected chi connectivity index (χ4v) is 1.90. The van der Waals surface area contributed by atoms with E-state index in [0.29, 0.717) is 18.1 Å². The lowest BCUT2D eigenvalue weighted by atomic mass is 10.2. The van der Waals surface area contributed by atoms with Gasteiger partial charge in [0.05, 0.1) is 13.7 Å². The van der Waals surface area contributed by atoms with Crippen LogP contribution < -0.4 is 20.1 Å². The molecule has 0 aliphatic rings. The zero-order chi connectivity index (χ0) is 15.7. The van der Waals surface area contributed by atoms with Crippen molar-refractivity contribution in [1.29, 1.82) is 0 Å². The highest BCUT2D eigenvalue weighted by Gasteiger charge is 2.10. The summed E-state index contributed by atoms with van der Waals surface area (Å²) in [7, 11) is 5.04. The summed E-state index contributed by atoms with van der Waals surface area (Å²) in [6.45, 7) is 2.99. The summed E-state index contributed by atoms with van der Waals surface area (Å²) in [5, 5.41) is 5.85. The van der Waals surface area contributed by atoms with Gasteiger partial charge in [-0.1, -0.05) is 6.07 Å². The maximum atomic E-state index is 11.8. The molecule has 0 bridgehead atoms. The molecule has 0 saturated carbocycles. The van der Waals surface area contributed by atoms with Gasteiger partial charge in [-0.05, 0) is 31.7 Å². The second-order valence-corrected chi connectivity index (χ2v) is 4.73. The zero-order valence-corrected chi connectivity index (χ0v) is 13.1. The van der Waals surface area contributed by atoms with E-state index in [-0.39, 0.29) is 18.6 Å². The van der Waals surface area contributed by atoms with Crippen molar-refractivity contribution >= 4 is 5.91 Å². The molecule has 0 aliphatic carbocycles. The van der Waals surface area contributed by atoms with Crippen molar-refractivity contribution in [3.05, 3.63) is 23.8 Å². The molecule has 1 atom stereocenters. The van der Waals surface area contributed by atoms with Gasteiger partial charge in [-0.3, -0.25) is 4.79 Å². The largest absolute Gasteiger partial charge is 0.493 e. The van der Waals surface area contributed by atoms with E-state index in [4.69, 9.17) is 14.2 Å². The second kappa shape index (κ2) is 9.20. The number of hydrogen-bond donors (Lipinski definition) is 2. The van der Waals surface area contributed by atoms with Gasteiger partial charge < -0.3 is 24.8 Å². The number of rotatable bonds is 9. The molecule has 6 heteroatoms. The Balaban J connectivity index is 2.60. The highest BCUT2D eigenvalue weighted by molar-refractivity contribution is 5.77. The van der Waals surface area contributed by atoms with Crippen molar-refractivity contribution in [2.24, 2.45) is 0 Å². The molecule has 1 unspecified atom stereocenters. The van der Waals surface area contributed by atoms with Crippen molar-refractivity contribution in [1.82, 2.24) is 10.6 Å². The number of methoxy groups -OCH3 is 2. The summed E-state index contributed by atoms with van der Waals surface area (Å²) in [4.78, 5) is 11.8. The standard InChI is InChI=1S/C15H24N2O4/c1-11(9-19-3)17-15(18)10-21-14-7-12(8-16-2)5-6-13(14)20-4/h5-7,11,16H,8-10H2,1-4H3,(H,17,18). The summed E-state index contributed by atoms with van der Waals surface area (Å²) in [6, 6.07) is 5.58. The van der Waals surface area contributed by atoms with Gasteiger partial charge in [-0.25, -0.2) is 0 Å². The van der Waals surface area contributed by atoms with Gasteiger partial charge >= 0.3 is 0 Å². The molecule has 21 heavy (non-hydrogen) atoms. The van der Waals surface area contributed by atoms with E-state index in [2.05, 4.69) is 10.6 Å². The van der Waals surface area contributed by atoms with Crippen LogP contribution in [-0.4, -0.2) is 46.4 Å². The lowest BCUT2D eigenvalue weighted by Crippen LogP contribution is -2.38. The van der Waals surface area contributed by atoms with Crippen LogP contribution in [0, 0.1) is 0 Å². The van der Waals surface area contributed by atoms with Gasteiger partial charge in [0.1, 0.15) is 0 Å². The van der Waals surface area contributed by atoms with Gasteiger partial charge in [0.25, 0.3) is 5.91 Å². The number of amides is 1. The molecule has 1 aromatic carbocycles. The molecule has 0 spiro atoms. The Morgan fingerprint density at radius 3 is 2.67 bits per heavy atom. The molecule has 2 N–H and O–H groups in total. The summed E-state index contributed by atoms with van der Waals surface area (Å²) in [5.74, 6) is 0.966. The molecule has 0 fully saturated rings. The summed E-state index contributed by atoms with van der Waals surface area (Å²) in [6.07, 6.45) is 0. The van der Waals surface area contributed by atoms with Crippen molar-refractivity contribution in [2.45, 2.75) is 19.5 Å².